The van der Waals surface area contributed by atoms with Crippen LogP contribution < -0.4 is 17.4 Å². The van der Waals surface area contributed by atoms with Crippen molar-refractivity contribution in [3.05, 3.63) is 48.0 Å². The summed E-state index contributed by atoms with van der Waals surface area (Å²) in [6.45, 7) is 0.441. The van der Waals surface area contributed by atoms with E-state index in [0.717, 1.165) is 6.42 Å². The van der Waals surface area contributed by atoms with Gasteiger partial charge in [-0.1, -0.05) is 42.5 Å². The van der Waals surface area contributed by atoms with Gasteiger partial charge in [0.25, 0.3) is 0 Å². The zero-order chi connectivity index (χ0) is 12.3. The van der Waals surface area contributed by atoms with E-state index in [2.05, 4.69) is 24.3 Å². The highest BCUT2D eigenvalue weighted by molar-refractivity contribution is 5.85. The van der Waals surface area contributed by atoms with Crippen LogP contribution in [0.1, 0.15) is 5.56 Å². The number of hydrogen-bond donors (Lipinski definition) is 3. The number of hydrazine groups is 2. The molecule has 90 valence electrons. The summed E-state index contributed by atoms with van der Waals surface area (Å²) in [7, 11) is 0. The number of hydrogen-bond acceptors (Lipinski definition) is 4. The first kappa shape index (κ1) is 12.0. The fourth-order valence-corrected chi connectivity index (χ4v) is 2.03. The molecular weight excluding hydrogens is 212 g/mol. The summed E-state index contributed by atoms with van der Waals surface area (Å²) in [6.07, 6.45) is 0.755. The molecule has 0 bridgehead atoms. The van der Waals surface area contributed by atoms with Crippen molar-refractivity contribution in [2.75, 3.05) is 6.54 Å². The normalized spacial score (nSPS) is 13.2. The SMILES string of the molecule is NC[C@H](Cc1cccc2ccccc12)N(N)N. The van der Waals surface area contributed by atoms with Gasteiger partial charge in [-0.25, -0.2) is 0 Å². The number of rotatable bonds is 4. The summed E-state index contributed by atoms with van der Waals surface area (Å²) >= 11 is 0. The second-order valence-electron chi connectivity index (χ2n) is 4.18. The van der Waals surface area contributed by atoms with E-state index < -0.39 is 0 Å². The van der Waals surface area contributed by atoms with Crippen molar-refractivity contribution in [3.8, 4) is 0 Å². The molecular formula is C13H18N4. The van der Waals surface area contributed by atoms with E-state index in [1.54, 1.807) is 0 Å². The van der Waals surface area contributed by atoms with Gasteiger partial charge in [-0.2, -0.15) is 5.12 Å². The van der Waals surface area contributed by atoms with Crippen molar-refractivity contribution < 1.29 is 0 Å². The van der Waals surface area contributed by atoms with Gasteiger partial charge in [-0.15, -0.1) is 0 Å². The van der Waals surface area contributed by atoms with Crippen LogP contribution in [-0.2, 0) is 6.42 Å². The van der Waals surface area contributed by atoms with Gasteiger partial charge in [0.05, 0.1) is 6.04 Å². The minimum absolute atomic E-state index is 0.0409. The van der Waals surface area contributed by atoms with E-state index in [-0.39, 0.29) is 6.04 Å². The maximum Gasteiger partial charge on any atom is 0.0557 e. The topological polar surface area (TPSA) is 81.3 Å². The van der Waals surface area contributed by atoms with Gasteiger partial charge in [-0.05, 0) is 22.8 Å². The first-order valence-corrected chi connectivity index (χ1v) is 5.67. The summed E-state index contributed by atoms with van der Waals surface area (Å²) < 4.78 is 0. The Bertz CT molecular complexity index is 490. The van der Waals surface area contributed by atoms with Crippen LogP contribution in [0.15, 0.2) is 42.5 Å². The molecule has 2 aromatic rings. The Kier molecular flexibility index (Phi) is 3.71. The fourth-order valence-electron chi connectivity index (χ4n) is 2.03. The monoisotopic (exact) mass is 230 g/mol. The minimum Gasteiger partial charge on any atom is -0.329 e. The molecule has 0 unspecified atom stereocenters. The third-order valence-corrected chi connectivity index (χ3v) is 3.03. The van der Waals surface area contributed by atoms with Gasteiger partial charge >= 0.3 is 0 Å². The van der Waals surface area contributed by atoms with Crippen LogP contribution in [0.25, 0.3) is 10.8 Å². The lowest BCUT2D eigenvalue weighted by atomic mass is 9.99. The predicted octanol–water partition coefficient (Wildman–Crippen LogP) is 0.759. The lowest BCUT2D eigenvalue weighted by Gasteiger charge is -2.22. The highest BCUT2D eigenvalue weighted by Gasteiger charge is 2.12. The van der Waals surface area contributed by atoms with Crippen molar-refractivity contribution in [3.63, 3.8) is 0 Å². The van der Waals surface area contributed by atoms with Crippen LogP contribution in [0.2, 0.25) is 0 Å². The average Bonchev–Trinajstić information content (AvgIpc) is 2.35. The number of nitrogens with two attached hydrogens (primary N) is 3. The van der Waals surface area contributed by atoms with Gasteiger partial charge < -0.3 is 5.73 Å². The zero-order valence-electron chi connectivity index (χ0n) is 9.71. The highest BCUT2D eigenvalue weighted by atomic mass is 15.6. The Balaban J connectivity index is 2.35. The summed E-state index contributed by atoms with van der Waals surface area (Å²) in [6, 6.07) is 14.5. The lowest BCUT2D eigenvalue weighted by Crippen LogP contribution is -2.51. The summed E-state index contributed by atoms with van der Waals surface area (Å²) in [5.41, 5.74) is 6.89. The molecule has 17 heavy (non-hydrogen) atoms. The van der Waals surface area contributed by atoms with E-state index in [9.17, 15) is 0 Å². The maximum atomic E-state index is 5.66. The molecule has 0 aliphatic heterocycles. The molecule has 0 spiro atoms. The highest BCUT2D eigenvalue weighted by Crippen LogP contribution is 2.19. The first-order chi connectivity index (χ1) is 8.22. The molecule has 2 aromatic carbocycles. The molecule has 1 atom stereocenters. The lowest BCUT2D eigenvalue weighted by molar-refractivity contribution is 0.209. The molecule has 0 saturated heterocycles. The van der Waals surface area contributed by atoms with Crippen molar-refractivity contribution in [2.24, 2.45) is 17.4 Å². The third kappa shape index (κ3) is 2.62. The standard InChI is InChI=1S/C13H18N4/c14-9-12(17(15)16)8-11-6-3-5-10-4-1-2-7-13(10)11/h1-7,12H,8-9,14-16H2/t12-/m0/s1. The Morgan fingerprint density at radius 2 is 1.71 bits per heavy atom. The average molecular weight is 230 g/mol. The van der Waals surface area contributed by atoms with E-state index in [1.807, 2.05) is 18.2 Å². The molecule has 0 aliphatic carbocycles. The Morgan fingerprint density at radius 1 is 1.00 bits per heavy atom. The molecule has 0 radical (unpaired) electrons. The van der Waals surface area contributed by atoms with E-state index in [0.29, 0.717) is 6.54 Å². The minimum atomic E-state index is -0.0409. The molecule has 0 aliphatic rings. The molecule has 0 saturated carbocycles. The maximum absolute atomic E-state index is 5.66. The number of nitrogens with zero attached hydrogens (tertiary/aromatic N) is 1. The molecule has 0 amide bonds. The van der Waals surface area contributed by atoms with Crippen molar-refractivity contribution in [1.82, 2.24) is 5.12 Å². The molecule has 0 heterocycles. The summed E-state index contributed by atoms with van der Waals surface area (Å²) in [4.78, 5) is 0. The second kappa shape index (κ2) is 5.25. The smallest absolute Gasteiger partial charge is 0.0557 e. The molecule has 2 rings (SSSR count). The van der Waals surface area contributed by atoms with Gasteiger partial charge in [0.1, 0.15) is 0 Å². The van der Waals surface area contributed by atoms with Crippen LogP contribution >= 0.6 is 0 Å². The van der Waals surface area contributed by atoms with Gasteiger partial charge in [0.2, 0.25) is 0 Å². The van der Waals surface area contributed by atoms with Gasteiger partial charge in [-0.3, -0.25) is 11.7 Å². The second-order valence-corrected chi connectivity index (χ2v) is 4.18. The zero-order valence-corrected chi connectivity index (χ0v) is 9.71. The Morgan fingerprint density at radius 3 is 2.41 bits per heavy atom. The van der Waals surface area contributed by atoms with Gasteiger partial charge in [0, 0.05) is 6.54 Å². The predicted molar refractivity (Wildman–Crippen MR) is 70.7 cm³/mol. The van der Waals surface area contributed by atoms with Crippen molar-refractivity contribution in [1.29, 1.82) is 0 Å². The first-order valence-electron chi connectivity index (χ1n) is 5.67. The van der Waals surface area contributed by atoms with Crippen molar-refractivity contribution in [2.45, 2.75) is 12.5 Å². The Hall–Kier alpha value is -1.46. The van der Waals surface area contributed by atoms with E-state index >= 15 is 0 Å². The Labute approximate surface area is 101 Å². The van der Waals surface area contributed by atoms with Gasteiger partial charge in [0.15, 0.2) is 0 Å². The third-order valence-electron chi connectivity index (χ3n) is 3.03. The van der Waals surface area contributed by atoms with Crippen LogP contribution in [0.4, 0.5) is 0 Å². The van der Waals surface area contributed by atoms with Crippen LogP contribution in [-0.4, -0.2) is 17.7 Å². The molecule has 4 nitrogen and oxygen atoms in total. The molecule has 0 fully saturated rings. The summed E-state index contributed by atoms with van der Waals surface area (Å²) in [5.74, 6) is 11.1. The molecule has 0 aromatic heterocycles. The van der Waals surface area contributed by atoms with Crippen LogP contribution in [0, 0.1) is 0 Å². The molecule has 4 heteroatoms. The van der Waals surface area contributed by atoms with E-state index in [4.69, 9.17) is 17.4 Å². The summed E-state index contributed by atoms with van der Waals surface area (Å²) in [5, 5.41) is 3.65. The number of benzene rings is 2. The molecule has 6 N–H and O–H groups in total. The number of fused-ring (bicyclic) bond motifs is 1. The largest absolute Gasteiger partial charge is 0.329 e. The van der Waals surface area contributed by atoms with Crippen molar-refractivity contribution >= 4 is 10.8 Å². The fraction of sp³-hybridized carbons (Fsp3) is 0.231. The quantitative estimate of drug-likeness (QED) is 0.535. The van der Waals surface area contributed by atoms with E-state index in [1.165, 1.54) is 21.5 Å². The van der Waals surface area contributed by atoms with Crippen LogP contribution in [0.5, 0.6) is 0 Å². The van der Waals surface area contributed by atoms with Crippen LogP contribution in [0.3, 0.4) is 0 Å².